The zero-order valence-electron chi connectivity index (χ0n) is 35.5. The molecule has 3 heterocycles. The lowest BCUT2D eigenvalue weighted by Gasteiger charge is -2.18. The largest absolute Gasteiger partial charge is 0.309 e. The Morgan fingerprint density at radius 3 is 1.82 bits per heavy atom. The van der Waals surface area contributed by atoms with E-state index in [0.29, 0.717) is 17.5 Å². The Morgan fingerprint density at radius 2 is 0.970 bits per heavy atom. The number of rotatable bonds is 5. The van der Waals surface area contributed by atoms with Crippen LogP contribution in [0.25, 0.3) is 136 Å². The molecule has 3 aromatic heterocycles. The fourth-order valence-electron chi connectivity index (χ4n) is 10.4. The lowest BCUT2D eigenvalue weighted by Crippen LogP contribution is -2.03. The van der Waals surface area contributed by atoms with Gasteiger partial charge in [0.1, 0.15) is 0 Å². The molecule has 14 aromatic rings. The molecule has 0 spiro atoms. The SMILES string of the molecule is c1ccc(-c2nc(-c3ccc(-n4c5ccccc5c5cc6ccccc6cc54)cc3-c3c4ccccc4cc4sc5ccccc5c34)nc(-c3cccc4c3ccc3ccccc34)n2)cc1. The van der Waals surface area contributed by atoms with Crippen molar-refractivity contribution < 1.29 is 0 Å². The maximum atomic E-state index is 5.53. The third-order valence-electron chi connectivity index (χ3n) is 13.4. The Bertz CT molecular complexity index is 4300. The summed E-state index contributed by atoms with van der Waals surface area (Å²) in [5, 5.41) is 14.4. The molecule has 66 heavy (non-hydrogen) atoms. The smallest absolute Gasteiger partial charge is 0.164 e. The predicted molar refractivity (Wildman–Crippen MR) is 279 cm³/mol. The third-order valence-corrected chi connectivity index (χ3v) is 14.5. The molecule has 0 saturated heterocycles. The van der Waals surface area contributed by atoms with Crippen molar-refractivity contribution in [3.63, 3.8) is 0 Å². The topological polar surface area (TPSA) is 43.6 Å². The van der Waals surface area contributed by atoms with Gasteiger partial charge in [0.2, 0.25) is 0 Å². The van der Waals surface area contributed by atoms with Gasteiger partial charge in [0.05, 0.1) is 11.0 Å². The quantitative estimate of drug-likeness (QED) is 0.162. The van der Waals surface area contributed by atoms with Crippen LogP contribution in [0.15, 0.2) is 218 Å². The molecule has 0 aliphatic heterocycles. The summed E-state index contributed by atoms with van der Waals surface area (Å²) in [5.41, 5.74) is 8.44. The number of aromatic nitrogens is 4. The van der Waals surface area contributed by atoms with Crippen molar-refractivity contribution in [2.24, 2.45) is 0 Å². The van der Waals surface area contributed by atoms with E-state index in [4.69, 9.17) is 15.0 Å². The van der Waals surface area contributed by atoms with Gasteiger partial charge in [-0.2, -0.15) is 0 Å². The van der Waals surface area contributed by atoms with E-state index in [9.17, 15) is 0 Å². The van der Waals surface area contributed by atoms with Crippen LogP contribution in [-0.4, -0.2) is 19.5 Å². The van der Waals surface area contributed by atoms with Gasteiger partial charge in [-0.3, -0.25) is 0 Å². The van der Waals surface area contributed by atoms with Gasteiger partial charge in [-0.25, -0.2) is 15.0 Å². The molecule has 11 aromatic carbocycles. The van der Waals surface area contributed by atoms with Gasteiger partial charge in [-0.05, 0) is 103 Å². The highest BCUT2D eigenvalue weighted by atomic mass is 32.1. The van der Waals surface area contributed by atoms with E-state index in [1.165, 1.54) is 74.2 Å². The van der Waals surface area contributed by atoms with Crippen LogP contribution in [0.5, 0.6) is 0 Å². The van der Waals surface area contributed by atoms with E-state index in [1.807, 2.05) is 29.5 Å². The number of para-hydroxylation sites is 1. The minimum absolute atomic E-state index is 0.618. The molecule has 0 atom stereocenters. The second-order valence-electron chi connectivity index (χ2n) is 17.1. The van der Waals surface area contributed by atoms with E-state index in [2.05, 4.69) is 205 Å². The highest BCUT2D eigenvalue weighted by Gasteiger charge is 2.24. The first-order chi connectivity index (χ1) is 32.7. The molecule has 4 nitrogen and oxygen atoms in total. The number of hydrogen-bond acceptors (Lipinski definition) is 4. The second kappa shape index (κ2) is 14.5. The normalized spacial score (nSPS) is 11.9. The van der Waals surface area contributed by atoms with Gasteiger partial charge in [-0.1, -0.05) is 170 Å². The van der Waals surface area contributed by atoms with Crippen LogP contribution in [0, 0.1) is 0 Å². The van der Waals surface area contributed by atoms with Crippen LogP contribution >= 0.6 is 11.3 Å². The first-order valence-electron chi connectivity index (χ1n) is 22.3. The molecule has 14 rings (SSSR count). The molecule has 0 amide bonds. The summed E-state index contributed by atoms with van der Waals surface area (Å²) in [6.07, 6.45) is 0. The number of benzene rings is 11. The van der Waals surface area contributed by atoms with E-state index in [0.717, 1.165) is 44.4 Å². The fraction of sp³-hybridized carbons (Fsp3) is 0. The van der Waals surface area contributed by atoms with E-state index in [-0.39, 0.29) is 0 Å². The molecule has 0 bridgehead atoms. The van der Waals surface area contributed by atoms with Crippen LogP contribution in [0.4, 0.5) is 0 Å². The van der Waals surface area contributed by atoms with E-state index >= 15 is 0 Å². The average Bonchev–Trinajstić information content (AvgIpc) is 3.91. The van der Waals surface area contributed by atoms with Gasteiger partial charge < -0.3 is 4.57 Å². The molecule has 0 aliphatic carbocycles. The Kier molecular flexibility index (Phi) is 8.12. The van der Waals surface area contributed by atoms with Crippen LogP contribution in [0.1, 0.15) is 0 Å². The highest BCUT2D eigenvalue weighted by Crippen LogP contribution is 2.48. The van der Waals surface area contributed by atoms with Crippen molar-refractivity contribution in [3.8, 4) is 51.0 Å². The number of nitrogens with zero attached hydrogens (tertiary/aromatic N) is 4. The Balaban J connectivity index is 1.11. The number of hydrogen-bond donors (Lipinski definition) is 0. The van der Waals surface area contributed by atoms with Crippen molar-refractivity contribution in [2.45, 2.75) is 0 Å². The van der Waals surface area contributed by atoms with Gasteiger partial charge >= 0.3 is 0 Å². The van der Waals surface area contributed by atoms with Crippen molar-refractivity contribution >= 4 is 96.4 Å². The van der Waals surface area contributed by atoms with Crippen molar-refractivity contribution in [1.29, 1.82) is 0 Å². The van der Waals surface area contributed by atoms with Gasteiger partial charge in [0.15, 0.2) is 17.5 Å². The fourth-order valence-corrected chi connectivity index (χ4v) is 11.6. The Hall–Kier alpha value is -8.51. The third kappa shape index (κ3) is 5.67. The van der Waals surface area contributed by atoms with Crippen molar-refractivity contribution in [2.75, 3.05) is 0 Å². The summed E-state index contributed by atoms with van der Waals surface area (Å²) < 4.78 is 4.94. The maximum absolute atomic E-state index is 5.53. The summed E-state index contributed by atoms with van der Waals surface area (Å²) in [7, 11) is 0. The predicted octanol–water partition coefficient (Wildman–Crippen LogP) is 16.6. The van der Waals surface area contributed by atoms with Crippen molar-refractivity contribution in [3.05, 3.63) is 218 Å². The summed E-state index contributed by atoms with van der Waals surface area (Å²) in [6, 6.07) is 78.8. The first-order valence-corrected chi connectivity index (χ1v) is 23.2. The molecule has 306 valence electrons. The molecule has 0 fully saturated rings. The average molecular weight is 857 g/mol. The summed E-state index contributed by atoms with van der Waals surface area (Å²) in [4.78, 5) is 16.2. The summed E-state index contributed by atoms with van der Waals surface area (Å²) in [5.74, 6) is 1.88. The molecular formula is C61H36N4S. The molecule has 0 unspecified atom stereocenters. The number of thiophene rings is 1. The summed E-state index contributed by atoms with van der Waals surface area (Å²) in [6.45, 7) is 0. The molecule has 0 radical (unpaired) electrons. The standard InChI is InChI=1S/C61H36N4S/c1-2-16-38(17-3-1)59-62-60(48-26-14-25-45-43-21-8-6-15-37(43)29-31-46(45)48)64-61(63-59)49-32-30-42(65-53-27-12-10-23-47(53)51-33-39-18-4-5-19-40(39)34-54(51)65)36-52(49)57-44-22-9-7-20-41(44)35-56-58(57)50-24-11-13-28-55(50)66-56/h1-36H. The van der Waals surface area contributed by atoms with Crippen LogP contribution in [0.2, 0.25) is 0 Å². The van der Waals surface area contributed by atoms with E-state index in [1.54, 1.807) is 0 Å². The zero-order chi connectivity index (χ0) is 43.3. The Labute approximate surface area is 383 Å². The minimum Gasteiger partial charge on any atom is -0.309 e. The summed E-state index contributed by atoms with van der Waals surface area (Å²) >= 11 is 1.85. The Morgan fingerprint density at radius 1 is 0.318 bits per heavy atom. The minimum atomic E-state index is 0.618. The van der Waals surface area contributed by atoms with Crippen LogP contribution in [-0.2, 0) is 0 Å². The molecule has 0 N–H and O–H groups in total. The van der Waals surface area contributed by atoms with Gasteiger partial charge in [0, 0.05) is 53.3 Å². The van der Waals surface area contributed by atoms with E-state index < -0.39 is 0 Å². The monoisotopic (exact) mass is 856 g/mol. The second-order valence-corrected chi connectivity index (χ2v) is 18.2. The molecule has 0 saturated carbocycles. The number of fused-ring (bicyclic) bond motifs is 11. The van der Waals surface area contributed by atoms with Crippen LogP contribution < -0.4 is 0 Å². The lowest BCUT2D eigenvalue weighted by molar-refractivity contribution is 1.08. The van der Waals surface area contributed by atoms with Gasteiger partial charge in [-0.15, -0.1) is 11.3 Å². The molecule has 0 aliphatic rings. The highest BCUT2D eigenvalue weighted by molar-refractivity contribution is 7.26. The first kappa shape index (κ1) is 36.9. The molecular weight excluding hydrogens is 821 g/mol. The zero-order valence-corrected chi connectivity index (χ0v) is 36.3. The van der Waals surface area contributed by atoms with Crippen LogP contribution in [0.3, 0.4) is 0 Å². The van der Waals surface area contributed by atoms with Crippen molar-refractivity contribution in [1.82, 2.24) is 19.5 Å². The lowest BCUT2D eigenvalue weighted by atomic mass is 9.90. The van der Waals surface area contributed by atoms with Gasteiger partial charge in [0.25, 0.3) is 0 Å². The maximum Gasteiger partial charge on any atom is 0.164 e. The molecule has 5 heteroatoms.